The number of nitrogens with one attached hydrogen (secondary N) is 1. The Morgan fingerprint density at radius 3 is 1.97 bits per heavy atom. The fourth-order valence-corrected chi connectivity index (χ4v) is 3.89. The van der Waals surface area contributed by atoms with Crippen LogP contribution in [0.5, 0.6) is 0 Å². The molecule has 5 rings (SSSR count). The minimum atomic E-state index is -1.000. The fourth-order valence-electron chi connectivity index (χ4n) is 3.89. The van der Waals surface area contributed by atoms with Crippen LogP contribution in [-0.4, -0.2) is 27.9 Å². The summed E-state index contributed by atoms with van der Waals surface area (Å²) in [4.78, 5) is 35.8. The van der Waals surface area contributed by atoms with Gasteiger partial charge < -0.3 is 9.72 Å². The summed E-state index contributed by atoms with van der Waals surface area (Å²) in [6.07, 6.45) is -1.000. The molecule has 1 unspecified atom stereocenters. The zero-order valence-electron chi connectivity index (χ0n) is 19.1. The van der Waals surface area contributed by atoms with E-state index in [-0.39, 0.29) is 5.91 Å². The van der Waals surface area contributed by atoms with Crippen molar-refractivity contribution in [2.24, 2.45) is 0 Å². The van der Waals surface area contributed by atoms with Gasteiger partial charge in [0, 0.05) is 16.9 Å². The third-order valence-electron chi connectivity index (χ3n) is 5.65. The van der Waals surface area contributed by atoms with Crippen LogP contribution in [0.25, 0.3) is 22.4 Å². The third-order valence-corrected chi connectivity index (χ3v) is 5.65. The molecule has 0 aliphatic rings. The van der Waals surface area contributed by atoms with Crippen molar-refractivity contribution in [3.63, 3.8) is 0 Å². The lowest BCUT2D eigenvalue weighted by molar-refractivity contribution is -0.125. The minimum Gasteiger partial charge on any atom is -0.449 e. The summed E-state index contributed by atoms with van der Waals surface area (Å²) in [6, 6.07) is 33.5. The van der Waals surface area contributed by atoms with Crippen LogP contribution in [0.3, 0.4) is 0 Å². The number of carbonyl (C=O) groups is 2. The van der Waals surface area contributed by atoms with Gasteiger partial charge in [-0.1, -0.05) is 66.7 Å². The van der Waals surface area contributed by atoms with Crippen molar-refractivity contribution >= 4 is 34.3 Å². The van der Waals surface area contributed by atoms with Crippen LogP contribution in [0.15, 0.2) is 109 Å². The Morgan fingerprint density at radius 1 is 0.800 bits per heavy atom. The van der Waals surface area contributed by atoms with Crippen molar-refractivity contribution in [2.75, 3.05) is 4.90 Å². The van der Waals surface area contributed by atoms with Crippen LogP contribution in [0.1, 0.15) is 17.3 Å². The lowest BCUT2D eigenvalue weighted by Crippen LogP contribution is -2.37. The second-order valence-electron chi connectivity index (χ2n) is 8.08. The van der Waals surface area contributed by atoms with Gasteiger partial charge in [-0.15, -0.1) is 0 Å². The third kappa shape index (κ3) is 4.68. The van der Waals surface area contributed by atoms with E-state index in [0.717, 1.165) is 16.9 Å². The first-order valence-corrected chi connectivity index (χ1v) is 11.3. The van der Waals surface area contributed by atoms with E-state index in [1.54, 1.807) is 30.0 Å². The number of fused-ring (bicyclic) bond motifs is 1. The largest absolute Gasteiger partial charge is 0.449 e. The van der Waals surface area contributed by atoms with Crippen molar-refractivity contribution in [1.29, 1.82) is 0 Å². The Balaban J connectivity index is 1.37. The molecule has 35 heavy (non-hydrogen) atoms. The van der Waals surface area contributed by atoms with Gasteiger partial charge in [0.1, 0.15) is 5.82 Å². The van der Waals surface area contributed by atoms with E-state index in [4.69, 9.17) is 4.74 Å². The lowest BCUT2D eigenvalue weighted by atomic mass is 10.2. The normalized spacial score (nSPS) is 11.7. The molecule has 0 aliphatic carbocycles. The van der Waals surface area contributed by atoms with Crippen LogP contribution in [0, 0.1) is 0 Å². The molecule has 5 aromatic rings. The second kappa shape index (κ2) is 9.65. The van der Waals surface area contributed by atoms with Crippen LogP contribution < -0.4 is 4.90 Å². The summed E-state index contributed by atoms with van der Waals surface area (Å²) in [5.41, 5.74) is 4.13. The summed E-state index contributed by atoms with van der Waals surface area (Å²) in [6.45, 7) is 1.58. The number of H-pyrrole nitrogens is 1. The van der Waals surface area contributed by atoms with E-state index < -0.39 is 12.1 Å². The average molecular weight is 462 g/mol. The fraction of sp³-hybridized carbons (Fsp3) is 0.0690. The minimum absolute atomic E-state index is 0.339. The maximum Gasteiger partial charge on any atom is 0.338 e. The molecule has 0 aliphatic heterocycles. The molecule has 0 spiro atoms. The lowest BCUT2D eigenvalue weighted by Gasteiger charge is -2.26. The Morgan fingerprint density at radius 2 is 1.37 bits per heavy atom. The molecule has 1 N–H and O–H groups in total. The topological polar surface area (TPSA) is 75.3 Å². The number of aromatic amines is 1. The van der Waals surface area contributed by atoms with Gasteiger partial charge in [0.2, 0.25) is 0 Å². The van der Waals surface area contributed by atoms with Gasteiger partial charge in [-0.25, -0.2) is 9.78 Å². The molecule has 4 aromatic carbocycles. The summed E-state index contributed by atoms with van der Waals surface area (Å²) < 4.78 is 5.60. The van der Waals surface area contributed by atoms with E-state index in [9.17, 15) is 9.59 Å². The van der Waals surface area contributed by atoms with E-state index in [0.29, 0.717) is 22.5 Å². The Hall–Kier alpha value is -4.71. The molecule has 0 saturated heterocycles. The summed E-state index contributed by atoms with van der Waals surface area (Å²) in [5, 5.41) is 0. The molecule has 1 amide bonds. The molecular weight excluding hydrogens is 438 g/mol. The Bertz CT molecular complexity index is 1430. The highest BCUT2D eigenvalue weighted by Crippen LogP contribution is 2.27. The first-order valence-electron chi connectivity index (χ1n) is 11.3. The number of imidazole rings is 1. The number of carbonyl (C=O) groups excluding carboxylic acids is 2. The zero-order chi connectivity index (χ0) is 24.2. The van der Waals surface area contributed by atoms with Gasteiger partial charge in [0.05, 0.1) is 16.6 Å². The smallest absolute Gasteiger partial charge is 0.338 e. The molecule has 172 valence electrons. The molecule has 6 heteroatoms. The molecule has 0 saturated carbocycles. The molecule has 1 atom stereocenters. The number of esters is 1. The highest BCUT2D eigenvalue weighted by Gasteiger charge is 2.27. The molecule has 0 radical (unpaired) electrons. The van der Waals surface area contributed by atoms with E-state index in [1.807, 2.05) is 91.0 Å². The number of nitrogens with zero attached hydrogens (tertiary/aromatic N) is 2. The van der Waals surface area contributed by atoms with Crippen LogP contribution in [-0.2, 0) is 9.53 Å². The molecule has 0 bridgehead atoms. The first kappa shape index (κ1) is 22.1. The van der Waals surface area contributed by atoms with Gasteiger partial charge in [-0.2, -0.15) is 0 Å². The van der Waals surface area contributed by atoms with E-state index in [2.05, 4.69) is 9.97 Å². The maximum absolute atomic E-state index is 13.4. The van der Waals surface area contributed by atoms with Crippen LogP contribution in [0.4, 0.5) is 11.4 Å². The monoisotopic (exact) mass is 461 g/mol. The number of anilines is 2. The summed E-state index contributed by atoms with van der Waals surface area (Å²) in [7, 11) is 0. The van der Waals surface area contributed by atoms with Crippen molar-refractivity contribution in [3.8, 4) is 11.4 Å². The summed E-state index contributed by atoms with van der Waals surface area (Å²) in [5.74, 6) is -0.203. The van der Waals surface area contributed by atoms with Gasteiger partial charge in [0.15, 0.2) is 6.10 Å². The Kier molecular flexibility index (Phi) is 6.09. The number of para-hydroxylation sites is 2. The first-order chi connectivity index (χ1) is 17.1. The predicted molar refractivity (Wildman–Crippen MR) is 136 cm³/mol. The van der Waals surface area contributed by atoms with Gasteiger partial charge in [-0.05, 0) is 49.4 Å². The molecule has 1 heterocycles. The number of benzene rings is 4. The standard InChI is InChI=1S/C29H23N3O3/c1-20(28(33)32(23-13-7-3-8-14-23)24-15-9-4-10-16-24)35-29(34)22-17-18-25-26(19-22)31-27(30-25)21-11-5-2-6-12-21/h2-20H,1H3,(H,30,31). The molecule has 0 fully saturated rings. The van der Waals surface area contributed by atoms with Crippen molar-refractivity contribution in [2.45, 2.75) is 13.0 Å². The number of hydrogen-bond donors (Lipinski definition) is 1. The second-order valence-corrected chi connectivity index (χ2v) is 8.08. The van der Waals surface area contributed by atoms with Gasteiger partial charge >= 0.3 is 5.97 Å². The van der Waals surface area contributed by atoms with E-state index >= 15 is 0 Å². The quantitative estimate of drug-likeness (QED) is 0.308. The molecular formula is C29H23N3O3. The predicted octanol–water partition coefficient (Wildman–Crippen LogP) is 6.14. The molecule has 6 nitrogen and oxygen atoms in total. The van der Waals surface area contributed by atoms with Crippen molar-refractivity contribution in [3.05, 3.63) is 115 Å². The van der Waals surface area contributed by atoms with Crippen molar-refractivity contribution < 1.29 is 14.3 Å². The molecule has 1 aromatic heterocycles. The SMILES string of the molecule is CC(OC(=O)c1ccc2nc(-c3ccccc3)[nH]c2c1)C(=O)N(c1ccccc1)c1ccccc1. The number of aromatic nitrogens is 2. The van der Waals surface area contributed by atoms with Crippen LogP contribution >= 0.6 is 0 Å². The number of rotatable bonds is 6. The summed E-state index contributed by atoms with van der Waals surface area (Å²) >= 11 is 0. The number of hydrogen-bond acceptors (Lipinski definition) is 4. The van der Waals surface area contributed by atoms with Gasteiger partial charge in [-0.3, -0.25) is 9.69 Å². The maximum atomic E-state index is 13.4. The Labute approximate surface area is 202 Å². The zero-order valence-corrected chi connectivity index (χ0v) is 19.1. The number of amides is 1. The highest BCUT2D eigenvalue weighted by molar-refractivity contribution is 6.04. The van der Waals surface area contributed by atoms with Crippen LogP contribution in [0.2, 0.25) is 0 Å². The van der Waals surface area contributed by atoms with Gasteiger partial charge in [0.25, 0.3) is 5.91 Å². The van der Waals surface area contributed by atoms with Crippen molar-refractivity contribution in [1.82, 2.24) is 9.97 Å². The average Bonchev–Trinajstić information content (AvgIpc) is 3.34. The van der Waals surface area contributed by atoms with E-state index in [1.165, 1.54) is 0 Å². The highest BCUT2D eigenvalue weighted by atomic mass is 16.5. The number of ether oxygens (including phenoxy) is 1.